The number of carbonyl (C=O) groups excluding carboxylic acids is 1. The third-order valence-corrected chi connectivity index (χ3v) is 5.60. The molecule has 2 aromatic heterocycles. The van der Waals surface area contributed by atoms with Crippen molar-refractivity contribution in [1.29, 1.82) is 0 Å². The molecule has 6 heteroatoms. The summed E-state index contributed by atoms with van der Waals surface area (Å²) in [5.41, 5.74) is 2.08. The minimum Gasteiger partial charge on any atom is -0.350 e. The van der Waals surface area contributed by atoms with Gasteiger partial charge in [-0.1, -0.05) is 30.3 Å². The van der Waals surface area contributed by atoms with E-state index in [1.807, 2.05) is 49.4 Å². The van der Waals surface area contributed by atoms with Gasteiger partial charge in [0.2, 0.25) is 5.91 Å². The van der Waals surface area contributed by atoms with Crippen LogP contribution in [0.25, 0.3) is 10.6 Å². The van der Waals surface area contributed by atoms with E-state index >= 15 is 0 Å². The highest BCUT2D eigenvalue weighted by Crippen LogP contribution is 2.27. The van der Waals surface area contributed by atoms with E-state index in [2.05, 4.69) is 15.3 Å². The molecule has 2 heterocycles. The van der Waals surface area contributed by atoms with Gasteiger partial charge in [-0.3, -0.25) is 9.78 Å². The van der Waals surface area contributed by atoms with Crippen LogP contribution in [0.1, 0.15) is 10.6 Å². The van der Waals surface area contributed by atoms with Crippen LogP contribution in [0.3, 0.4) is 0 Å². The van der Waals surface area contributed by atoms with Gasteiger partial charge in [-0.2, -0.15) is 0 Å². The Kier molecular flexibility index (Phi) is 5.61. The number of nitrogens with one attached hydrogen (secondary N) is 1. The SMILES string of the molecule is Cc1nc(-c2ccccc2)sc1CNC(=O)CSc1ccncc1. The summed E-state index contributed by atoms with van der Waals surface area (Å²) >= 11 is 3.13. The molecule has 0 unspecified atom stereocenters. The molecule has 3 rings (SSSR count). The standard InChI is InChI=1S/C18H17N3OS2/c1-13-16(24-18(21-13)14-5-3-2-4-6-14)11-20-17(22)12-23-15-7-9-19-10-8-15/h2-10H,11-12H2,1H3,(H,20,22). The van der Waals surface area contributed by atoms with E-state index in [1.54, 1.807) is 23.7 Å². The van der Waals surface area contributed by atoms with Crippen LogP contribution in [0.4, 0.5) is 0 Å². The maximum Gasteiger partial charge on any atom is 0.230 e. The molecule has 0 aliphatic rings. The van der Waals surface area contributed by atoms with Gasteiger partial charge in [0.1, 0.15) is 5.01 Å². The monoisotopic (exact) mass is 355 g/mol. The highest BCUT2D eigenvalue weighted by molar-refractivity contribution is 8.00. The van der Waals surface area contributed by atoms with Crippen molar-refractivity contribution in [2.75, 3.05) is 5.75 Å². The van der Waals surface area contributed by atoms with Crippen molar-refractivity contribution >= 4 is 29.0 Å². The second-order valence-corrected chi connectivity index (χ2v) is 7.27. The first-order valence-electron chi connectivity index (χ1n) is 7.53. The summed E-state index contributed by atoms with van der Waals surface area (Å²) in [6.07, 6.45) is 3.46. The van der Waals surface area contributed by atoms with Crippen LogP contribution in [-0.4, -0.2) is 21.6 Å². The van der Waals surface area contributed by atoms with E-state index in [0.717, 1.165) is 26.0 Å². The van der Waals surface area contributed by atoms with E-state index in [-0.39, 0.29) is 5.91 Å². The average Bonchev–Trinajstić information content (AvgIpc) is 3.01. The molecule has 0 atom stereocenters. The molecule has 0 saturated carbocycles. The number of benzene rings is 1. The number of aromatic nitrogens is 2. The minimum absolute atomic E-state index is 0.0193. The van der Waals surface area contributed by atoms with Crippen LogP contribution in [0.15, 0.2) is 59.8 Å². The lowest BCUT2D eigenvalue weighted by Gasteiger charge is -2.04. The van der Waals surface area contributed by atoms with Gasteiger partial charge in [0, 0.05) is 27.7 Å². The average molecular weight is 355 g/mol. The lowest BCUT2D eigenvalue weighted by atomic mass is 10.2. The molecule has 0 aliphatic carbocycles. The van der Waals surface area contributed by atoms with Gasteiger partial charge < -0.3 is 5.32 Å². The third kappa shape index (κ3) is 4.43. The summed E-state index contributed by atoms with van der Waals surface area (Å²) in [5.74, 6) is 0.416. The summed E-state index contributed by atoms with van der Waals surface area (Å²) in [5, 5.41) is 3.96. The maximum atomic E-state index is 12.0. The molecule has 0 radical (unpaired) electrons. The number of hydrogen-bond donors (Lipinski definition) is 1. The Morgan fingerprint density at radius 2 is 1.92 bits per heavy atom. The molecule has 0 aliphatic heterocycles. The first-order chi connectivity index (χ1) is 11.7. The number of pyridine rings is 1. The lowest BCUT2D eigenvalue weighted by molar-refractivity contribution is -0.118. The fourth-order valence-corrected chi connectivity index (χ4v) is 3.83. The van der Waals surface area contributed by atoms with Crippen molar-refractivity contribution in [1.82, 2.24) is 15.3 Å². The molecule has 1 N–H and O–H groups in total. The highest BCUT2D eigenvalue weighted by atomic mass is 32.2. The van der Waals surface area contributed by atoms with Gasteiger partial charge in [0.25, 0.3) is 0 Å². The van der Waals surface area contributed by atoms with Crippen molar-refractivity contribution < 1.29 is 4.79 Å². The number of amides is 1. The van der Waals surface area contributed by atoms with Gasteiger partial charge >= 0.3 is 0 Å². The summed E-state index contributed by atoms with van der Waals surface area (Å²) in [4.78, 5) is 22.7. The van der Waals surface area contributed by atoms with Crippen LogP contribution in [0.2, 0.25) is 0 Å². The molecular formula is C18H17N3OS2. The zero-order chi connectivity index (χ0) is 16.8. The molecule has 0 fully saturated rings. The second-order valence-electron chi connectivity index (χ2n) is 5.14. The number of hydrogen-bond acceptors (Lipinski definition) is 5. The lowest BCUT2D eigenvalue weighted by Crippen LogP contribution is -2.24. The predicted octanol–water partition coefficient (Wildman–Crippen LogP) is 3.92. The van der Waals surface area contributed by atoms with Crippen molar-refractivity contribution in [3.8, 4) is 10.6 Å². The Morgan fingerprint density at radius 3 is 2.67 bits per heavy atom. The summed E-state index contributed by atoms with van der Waals surface area (Å²) < 4.78 is 0. The van der Waals surface area contributed by atoms with Gasteiger partial charge in [-0.15, -0.1) is 23.1 Å². The van der Waals surface area contributed by atoms with E-state index < -0.39 is 0 Å². The Labute approximate surface area is 149 Å². The Morgan fingerprint density at radius 1 is 1.17 bits per heavy atom. The van der Waals surface area contributed by atoms with Gasteiger partial charge in [-0.25, -0.2) is 4.98 Å². The summed E-state index contributed by atoms with van der Waals surface area (Å²) in [6, 6.07) is 13.9. The van der Waals surface area contributed by atoms with Crippen molar-refractivity contribution in [2.24, 2.45) is 0 Å². The van der Waals surface area contributed by atoms with E-state index in [4.69, 9.17) is 0 Å². The zero-order valence-electron chi connectivity index (χ0n) is 13.2. The largest absolute Gasteiger partial charge is 0.350 e. The molecule has 0 bridgehead atoms. The van der Waals surface area contributed by atoms with Crippen molar-refractivity contribution in [3.05, 3.63) is 65.4 Å². The van der Waals surface area contributed by atoms with Gasteiger partial charge in [-0.05, 0) is 19.1 Å². The van der Waals surface area contributed by atoms with Crippen LogP contribution in [0.5, 0.6) is 0 Å². The molecule has 122 valence electrons. The topological polar surface area (TPSA) is 54.9 Å². The molecular weight excluding hydrogens is 338 g/mol. The Balaban J connectivity index is 1.55. The second kappa shape index (κ2) is 8.08. The highest BCUT2D eigenvalue weighted by Gasteiger charge is 2.10. The number of thioether (sulfide) groups is 1. The summed E-state index contributed by atoms with van der Waals surface area (Å²) in [7, 11) is 0. The van der Waals surface area contributed by atoms with Crippen molar-refractivity contribution in [3.63, 3.8) is 0 Å². The first kappa shape index (κ1) is 16.7. The van der Waals surface area contributed by atoms with Crippen LogP contribution in [0, 0.1) is 6.92 Å². The number of thiazole rings is 1. The van der Waals surface area contributed by atoms with Crippen LogP contribution >= 0.6 is 23.1 Å². The fourth-order valence-electron chi connectivity index (χ4n) is 2.11. The minimum atomic E-state index is 0.0193. The predicted molar refractivity (Wildman–Crippen MR) is 99.1 cm³/mol. The molecule has 1 amide bonds. The number of rotatable bonds is 6. The Hall–Kier alpha value is -2.18. The van der Waals surface area contributed by atoms with Gasteiger partial charge in [0.15, 0.2) is 0 Å². The molecule has 0 spiro atoms. The molecule has 1 aromatic carbocycles. The summed E-state index contributed by atoms with van der Waals surface area (Å²) in [6.45, 7) is 2.50. The molecule has 0 saturated heterocycles. The molecule has 4 nitrogen and oxygen atoms in total. The molecule has 3 aromatic rings. The Bertz CT molecular complexity index is 804. The smallest absolute Gasteiger partial charge is 0.230 e. The molecule has 24 heavy (non-hydrogen) atoms. The number of nitrogens with zero attached hydrogens (tertiary/aromatic N) is 2. The fraction of sp³-hybridized carbons (Fsp3) is 0.167. The van der Waals surface area contributed by atoms with Crippen molar-refractivity contribution in [2.45, 2.75) is 18.4 Å². The number of aryl methyl sites for hydroxylation is 1. The zero-order valence-corrected chi connectivity index (χ0v) is 14.9. The quantitative estimate of drug-likeness (QED) is 0.681. The third-order valence-electron chi connectivity index (χ3n) is 3.38. The van der Waals surface area contributed by atoms with E-state index in [0.29, 0.717) is 12.3 Å². The number of carbonyl (C=O) groups is 1. The van der Waals surface area contributed by atoms with Crippen LogP contribution < -0.4 is 5.32 Å². The van der Waals surface area contributed by atoms with E-state index in [1.165, 1.54) is 11.8 Å². The van der Waals surface area contributed by atoms with Gasteiger partial charge in [0.05, 0.1) is 18.0 Å². The normalized spacial score (nSPS) is 10.5. The van der Waals surface area contributed by atoms with E-state index in [9.17, 15) is 4.79 Å². The maximum absolute atomic E-state index is 12.0. The van der Waals surface area contributed by atoms with Crippen LogP contribution in [-0.2, 0) is 11.3 Å². The first-order valence-corrected chi connectivity index (χ1v) is 9.34.